The lowest BCUT2D eigenvalue weighted by molar-refractivity contribution is 0.627. The number of aromatic nitrogens is 1. The van der Waals surface area contributed by atoms with Gasteiger partial charge in [-0.3, -0.25) is 0 Å². The van der Waals surface area contributed by atoms with E-state index in [0.29, 0.717) is 0 Å². The smallest absolute Gasteiger partial charge is 0.0547 e. The summed E-state index contributed by atoms with van der Waals surface area (Å²) in [5.41, 5.74) is 24.4. The molecule has 0 spiro atoms. The Bertz CT molecular complexity index is 3020. The zero-order chi connectivity index (χ0) is 38.5. The Balaban J connectivity index is 1.11. The Kier molecular flexibility index (Phi) is 7.24. The highest BCUT2D eigenvalue weighted by Gasteiger charge is 2.42. The van der Waals surface area contributed by atoms with Crippen LogP contribution in [0, 0.1) is 0 Å². The highest BCUT2D eigenvalue weighted by Crippen LogP contribution is 2.58. The predicted octanol–water partition coefficient (Wildman–Crippen LogP) is 14.6. The van der Waals surface area contributed by atoms with Crippen molar-refractivity contribution in [2.45, 2.75) is 38.5 Å². The number of rotatable bonds is 4. The molecule has 2 aliphatic carbocycles. The second kappa shape index (κ2) is 12.3. The summed E-state index contributed by atoms with van der Waals surface area (Å²) in [7, 11) is 0. The molecule has 0 fully saturated rings. The van der Waals surface area contributed by atoms with Crippen LogP contribution < -0.4 is 4.90 Å². The SMILES string of the molecule is CC1(C)c2ccccc2-c2cc3c(cc21)N(c1ccc(-c2ccccc2)cc1)c1ccc(-c2ccc4c(c2)c2c(n4-c4ccccc4)C=CC=C=C2)cc1C3(C)C. The van der Waals surface area contributed by atoms with Crippen LogP contribution >= 0.6 is 0 Å². The largest absolute Gasteiger partial charge is 0.310 e. The molecule has 7 aromatic carbocycles. The second-order valence-corrected chi connectivity index (χ2v) is 16.7. The number of hydrogen-bond acceptors (Lipinski definition) is 1. The standard InChI is InChI=1S/C55H42N2/c1-54(2)46-22-15-14-20-42(46)44-34-49-53(35-47(44)54)57(41-28-24-37(25-29-41)36-16-8-5-9-17-36)52-31-27-39(33-48(52)55(49,3)4)38-26-30-51-45(32-38)43-21-12-7-13-23-50(43)56(51)40-18-10-6-11-19-40/h5-11,13-35H,1-4H3. The number of hydrogen-bond donors (Lipinski definition) is 0. The third-order valence-electron chi connectivity index (χ3n) is 12.8. The van der Waals surface area contributed by atoms with Gasteiger partial charge in [-0.1, -0.05) is 131 Å². The van der Waals surface area contributed by atoms with E-state index < -0.39 is 0 Å². The molecule has 1 aliphatic heterocycles. The first-order chi connectivity index (χ1) is 27.8. The van der Waals surface area contributed by atoms with Crippen molar-refractivity contribution >= 4 is 40.1 Å². The molecule has 57 heavy (non-hydrogen) atoms. The van der Waals surface area contributed by atoms with Gasteiger partial charge in [0.05, 0.1) is 22.6 Å². The first kappa shape index (κ1) is 33.5. The Hall–Kier alpha value is -6.86. The lowest BCUT2D eigenvalue weighted by Gasteiger charge is -2.43. The minimum atomic E-state index is -0.270. The second-order valence-electron chi connectivity index (χ2n) is 16.7. The number of para-hydroxylation sites is 1. The van der Waals surface area contributed by atoms with E-state index in [4.69, 9.17) is 0 Å². The fourth-order valence-electron chi connectivity index (χ4n) is 9.83. The van der Waals surface area contributed by atoms with E-state index in [1.165, 1.54) is 89.2 Å². The number of allylic oxidation sites excluding steroid dienone is 2. The van der Waals surface area contributed by atoms with Crippen LogP contribution in [0.1, 0.15) is 61.2 Å². The van der Waals surface area contributed by atoms with Crippen molar-refractivity contribution in [3.63, 3.8) is 0 Å². The highest BCUT2D eigenvalue weighted by atomic mass is 15.2. The highest BCUT2D eigenvalue weighted by molar-refractivity contribution is 5.99. The van der Waals surface area contributed by atoms with Crippen LogP contribution in [0.5, 0.6) is 0 Å². The van der Waals surface area contributed by atoms with Crippen LogP contribution in [0.4, 0.5) is 17.1 Å². The zero-order valence-corrected chi connectivity index (χ0v) is 32.7. The molecule has 0 amide bonds. The van der Waals surface area contributed by atoms with Crippen molar-refractivity contribution in [2.24, 2.45) is 0 Å². The molecule has 8 aromatic rings. The van der Waals surface area contributed by atoms with Gasteiger partial charge in [-0.05, 0) is 135 Å². The summed E-state index contributed by atoms with van der Waals surface area (Å²) in [6.45, 7) is 9.58. The molecule has 0 bridgehead atoms. The van der Waals surface area contributed by atoms with Gasteiger partial charge in [0.2, 0.25) is 0 Å². The van der Waals surface area contributed by atoms with Crippen molar-refractivity contribution < 1.29 is 0 Å². The van der Waals surface area contributed by atoms with Crippen LogP contribution in [0.3, 0.4) is 0 Å². The summed E-state index contributed by atoms with van der Waals surface area (Å²) >= 11 is 0. The van der Waals surface area contributed by atoms with Crippen LogP contribution in [0.25, 0.3) is 62.1 Å². The van der Waals surface area contributed by atoms with Gasteiger partial charge in [0.1, 0.15) is 0 Å². The van der Waals surface area contributed by atoms with Crippen LogP contribution in [0.15, 0.2) is 176 Å². The summed E-state index contributed by atoms with van der Waals surface area (Å²) in [6.07, 6.45) is 8.41. The van der Waals surface area contributed by atoms with E-state index in [9.17, 15) is 0 Å². The Labute approximate surface area is 335 Å². The van der Waals surface area contributed by atoms with Gasteiger partial charge >= 0.3 is 0 Å². The average molecular weight is 731 g/mol. The third kappa shape index (κ3) is 4.98. The number of nitrogens with zero attached hydrogens (tertiary/aromatic N) is 2. The molecular weight excluding hydrogens is 689 g/mol. The fourth-order valence-corrected chi connectivity index (χ4v) is 9.83. The van der Waals surface area contributed by atoms with Gasteiger partial charge in [-0.25, -0.2) is 0 Å². The van der Waals surface area contributed by atoms with Gasteiger partial charge in [0.15, 0.2) is 0 Å². The normalized spacial score (nSPS) is 15.1. The van der Waals surface area contributed by atoms with Crippen LogP contribution in [-0.4, -0.2) is 4.57 Å². The van der Waals surface area contributed by atoms with Crippen LogP contribution in [-0.2, 0) is 10.8 Å². The molecule has 0 atom stereocenters. The quantitative estimate of drug-likeness (QED) is 0.164. The van der Waals surface area contributed by atoms with E-state index in [0.717, 1.165) is 11.4 Å². The molecule has 2 heterocycles. The van der Waals surface area contributed by atoms with Crippen LogP contribution in [0.2, 0.25) is 0 Å². The summed E-state index contributed by atoms with van der Waals surface area (Å²) in [5.74, 6) is 0. The van der Waals surface area contributed by atoms with Crippen molar-refractivity contribution in [1.29, 1.82) is 0 Å². The zero-order valence-electron chi connectivity index (χ0n) is 32.7. The lowest BCUT2D eigenvalue weighted by Crippen LogP contribution is -2.31. The van der Waals surface area contributed by atoms with Gasteiger partial charge in [0.25, 0.3) is 0 Å². The molecule has 0 saturated heterocycles. The topological polar surface area (TPSA) is 8.17 Å². The maximum atomic E-state index is 3.39. The fraction of sp³-hybridized carbons (Fsp3) is 0.109. The molecule has 0 unspecified atom stereocenters. The summed E-state index contributed by atoms with van der Waals surface area (Å²) in [6, 6.07) is 58.5. The van der Waals surface area contributed by atoms with E-state index in [1.807, 2.05) is 6.08 Å². The molecule has 0 radical (unpaired) electrons. The lowest BCUT2D eigenvalue weighted by atomic mass is 9.71. The third-order valence-corrected chi connectivity index (χ3v) is 12.8. The predicted molar refractivity (Wildman–Crippen MR) is 240 cm³/mol. The van der Waals surface area contributed by atoms with Crippen molar-refractivity contribution in [1.82, 2.24) is 4.57 Å². The van der Waals surface area contributed by atoms with Gasteiger partial charge in [-0.2, -0.15) is 0 Å². The molecule has 0 saturated carbocycles. The van der Waals surface area contributed by atoms with E-state index in [-0.39, 0.29) is 10.8 Å². The van der Waals surface area contributed by atoms with E-state index >= 15 is 0 Å². The Morgan fingerprint density at radius 3 is 1.93 bits per heavy atom. The molecule has 2 heteroatoms. The summed E-state index contributed by atoms with van der Waals surface area (Å²) < 4.78 is 2.37. The maximum absolute atomic E-state index is 3.39. The van der Waals surface area contributed by atoms with E-state index in [1.54, 1.807) is 0 Å². The van der Waals surface area contributed by atoms with Crippen molar-refractivity contribution in [3.05, 3.63) is 209 Å². The molecule has 3 aliphatic rings. The summed E-state index contributed by atoms with van der Waals surface area (Å²) in [4.78, 5) is 2.51. The van der Waals surface area contributed by atoms with Gasteiger partial charge in [0, 0.05) is 33.2 Å². The maximum Gasteiger partial charge on any atom is 0.0547 e. The molecule has 2 nitrogen and oxygen atoms in total. The van der Waals surface area contributed by atoms with Crippen molar-refractivity contribution in [2.75, 3.05) is 4.90 Å². The van der Waals surface area contributed by atoms with Crippen molar-refractivity contribution in [3.8, 4) is 39.1 Å². The van der Waals surface area contributed by atoms with E-state index in [2.05, 4.69) is 219 Å². The molecular formula is C55H42N2. The first-order valence-corrected chi connectivity index (χ1v) is 20.0. The first-order valence-electron chi connectivity index (χ1n) is 20.0. The minimum absolute atomic E-state index is 0.102. The molecule has 11 rings (SSSR count). The number of anilines is 3. The number of benzene rings is 7. The summed E-state index contributed by atoms with van der Waals surface area (Å²) in [5, 5.41) is 1.22. The monoisotopic (exact) mass is 730 g/mol. The average Bonchev–Trinajstić information content (AvgIpc) is 3.52. The molecule has 1 aromatic heterocycles. The van der Waals surface area contributed by atoms with Gasteiger partial charge < -0.3 is 9.47 Å². The molecule has 0 N–H and O–H groups in total. The Morgan fingerprint density at radius 2 is 1.12 bits per heavy atom. The Morgan fingerprint density at radius 1 is 0.474 bits per heavy atom. The number of fused-ring (bicyclic) bond motifs is 8. The molecule has 272 valence electrons. The van der Waals surface area contributed by atoms with Gasteiger partial charge in [-0.15, -0.1) is 5.73 Å². The minimum Gasteiger partial charge on any atom is -0.310 e.